The summed E-state index contributed by atoms with van der Waals surface area (Å²) >= 11 is 0. The summed E-state index contributed by atoms with van der Waals surface area (Å²) in [5, 5.41) is 0. The summed E-state index contributed by atoms with van der Waals surface area (Å²) < 4.78 is 15.8. The Kier molecular flexibility index (Phi) is 8.79. The standard InChI is InChI=1S/C23H26O5/c1-3-5-6-17-27-20-12-14-21(15-13-20)28-23(25)19-10-7-18(8-11-19)9-16-22(24)26-4-2/h7-16H,3-6,17H2,1-2H3. The van der Waals surface area contributed by atoms with Crippen molar-refractivity contribution in [3.63, 3.8) is 0 Å². The molecule has 5 heteroatoms. The molecule has 0 radical (unpaired) electrons. The van der Waals surface area contributed by atoms with E-state index in [1.54, 1.807) is 61.5 Å². The van der Waals surface area contributed by atoms with Gasteiger partial charge in [0.05, 0.1) is 18.8 Å². The maximum absolute atomic E-state index is 12.3. The molecule has 0 unspecified atom stereocenters. The van der Waals surface area contributed by atoms with E-state index in [9.17, 15) is 9.59 Å². The number of hydrogen-bond donors (Lipinski definition) is 0. The van der Waals surface area contributed by atoms with Crippen LogP contribution < -0.4 is 9.47 Å². The van der Waals surface area contributed by atoms with Crippen LogP contribution in [0.4, 0.5) is 0 Å². The number of unbranched alkanes of at least 4 members (excludes halogenated alkanes) is 2. The number of benzene rings is 2. The summed E-state index contributed by atoms with van der Waals surface area (Å²) in [6.45, 7) is 4.92. The predicted octanol–water partition coefficient (Wildman–Crippen LogP) is 5.05. The van der Waals surface area contributed by atoms with E-state index in [2.05, 4.69) is 6.92 Å². The van der Waals surface area contributed by atoms with Crippen LogP contribution in [0.25, 0.3) is 6.08 Å². The fourth-order valence-corrected chi connectivity index (χ4v) is 2.40. The number of hydrogen-bond acceptors (Lipinski definition) is 5. The maximum Gasteiger partial charge on any atom is 0.343 e. The molecular formula is C23H26O5. The second-order valence-corrected chi connectivity index (χ2v) is 6.12. The first kappa shape index (κ1) is 21.2. The Morgan fingerprint density at radius 2 is 1.57 bits per heavy atom. The van der Waals surface area contributed by atoms with E-state index in [-0.39, 0.29) is 0 Å². The van der Waals surface area contributed by atoms with Crippen LogP contribution in [-0.2, 0) is 9.53 Å². The molecule has 0 spiro atoms. The summed E-state index contributed by atoms with van der Waals surface area (Å²) in [6, 6.07) is 13.8. The van der Waals surface area contributed by atoms with Crippen LogP contribution >= 0.6 is 0 Å². The third-order valence-electron chi connectivity index (χ3n) is 3.90. The van der Waals surface area contributed by atoms with Crippen molar-refractivity contribution in [2.24, 2.45) is 0 Å². The molecule has 0 atom stereocenters. The lowest BCUT2D eigenvalue weighted by Crippen LogP contribution is -2.08. The fraction of sp³-hybridized carbons (Fsp3) is 0.304. The van der Waals surface area contributed by atoms with E-state index in [0.29, 0.717) is 24.5 Å². The van der Waals surface area contributed by atoms with Gasteiger partial charge in [0, 0.05) is 6.08 Å². The minimum Gasteiger partial charge on any atom is -0.494 e. The van der Waals surface area contributed by atoms with Crippen LogP contribution in [0.15, 0.2) is 54.6 Å². The molecule has 0 aliphatic carbocycles. The molecule has 0 saturated heterocycles. The highest BCUT2D eigenvalue weighted by Gasteiger charge is 2.08. The molecule has 2 aromatic rings. The van der Waals surface area contributed by atoms with Crippen LogP contribution in [-0.4, -0.2) is 25.2 Å². The molecule has 0 fully saturated rings. The number of ether oxygens (including phenoxy) is 3. The highest BCUT2D eigenvalue weighted by atomic mass is 16.5. The Morgan fingerprint density at radius 1 is 0.893 bits per heavy atom. The number of esters is 2. The molecule has 0 aliphatic rings. The fourth-order valence-electron chi connectivity index (χ4n) is 2.40. The van der Waals surface area contributed by atoms with Gasteiger partial charge in [-0.15, -0.1) is 0 Å². The molecule has 2 aromatic carbocycles. The number of carbonyl (C=O) groups is 2. The molecule has 0 bridgehead atoms. The van der Waals surface area contributed by atoms with Crippen molar-refractivity contribution in [1.29, 1.82) is 0 Å². The first-order valence-electron chi connectivity index (χ1n) is 9.52. The zero-order valence-corrected chi connectivity index (χ0v) is 16.4. The van der Waals surface area contributed by atoms with Gasteiger partial charge in [-0.05, 0) is 61.4 Å². The first-order valence-corrected chi connectivity index (χ1v) is 9.52. The van der Waals surface area contributed by atoms with E-state index in [1.807, 2.05) is 0 Å². The van der Waals surface area contributed by atoms with Gasteiger partial charge in [-0.2, -0.15) is 0 Å². The Labute approximate surface area is 165 Å². The molecule has 0 aromatic heterocycles. The van der Waals surface area contributed by atoms with Crippen molar-refractivity contribution in [3.05, 3.63) is 65.7 Å². The van der Waals surface area contributed by atoms with Crippen molar-refractivity contribution >= 4 is 18.0 Å². The molecule has 0 saturated carbocycles. The van der Waals surface area contributed by atoms with Gasteiger partial charge < -0.3 is 14.2 Å². The molecule has 0 aliphatic heterocycles. The Bertz CT molecular complexity index is 776. The predicted molar refractivity (Wildman–Crippen MR) is 109 cm³/mol. The van der Waals surface area contributed by atoms with Crippen molar-refractivity contribution in [1.82, 2.24) is 0 Å². The molecule has 0 N–H and O–H groups in total. The van der Waals surface area contributed by atoms with Crippen LogP contribution in [0, 0.1) is 0 Å². The van der Waals surface area contributed by atoms with Gasteiger partial charge in [0.15, 0.2) is 0 Å². The van der Waals surface area contributed by atoms with Gasteiger partial charge in [-0.25, -0.2) is 9.59 Å². The van der Waals surface area contributed by atoms with Gasteiger partial charge in [-0.1, -0.05) is 31.9 Å². The molecule has 148 valence electrons. The molecule has 0 heterocycles. The van der Waals surface area contributed by atoms with Crippen LogP contribution in [0.5, 0.6) is 11.5 Å². The highest BCUT2D eigenvalue weighted by Crippen LogP contribution is 2.19. The summed E-state index contributed by atoms with van der Waals surface area (Å²) in [5.74, 6) is 0.368. The maximum atomic E-state index is 12.3. The van der Waals surface area contributed by atoms with E-state index in [0.717, 1.165) is 30.6 Å². The van der Waals surface area contributed by atoms with E-state index < -0.39 is 11.9 Å². The van der Waals surface area contributed by atoms with Crippen molar-refractivity contribution in [3.8, 4) is 11.5 Å². The topological polar surface area (TPSA) is 61.8 Å². The third kappa shape index (κ3) is 7.27. The zero-order valence-electron chi connectivity index (χ0n) is 16.4. The Morgan fingerprint density at radius 3 is 2.21 bits per heavy atom. The van der Waals surface area contributed by atoms with Gasteiger partial charge in [-0.3, -0.25) is 0 Å². The molecule has 0 amide bonds. The van der Waals surface area contributed by atoms with Gasteiger partial charge in [0.2, 0.25) is 0 Å². The lowest BCUT2D eigenvalue weighted by molar-refractivity contribution is -0.137. The molecule has 5 nitrogen and oxygen atoms in total. The summed E-state index contributed by atoms with van der Waals surface area (Å²) in [5.41, 5.74) is 1.21. The van der Waals surface area contributed by atoms with E-state index in [1.165, 1.54) is 6.08 Å². The minimum atomic E-state index is -0.447. The SMILES string of the molecule is CCCCCOc1ccc(OC(=O)c2ccc(C=CC(=O)OCC)cc2)cc1. The van der Waals surface area contributed by atoms with E-state index in [4.69, 9.17) is 14.2 Å². The normalized spacial score (nSPS) is 10.6. The van der Waals surface area contributed by atoms with Crippen molar-refractivity contribution < 1.29 is 23.8 Å². The van der Waals surface area contributed by atoms with Crippen molar-refractivity contribution in [2.75, 3.05) is 13.2 Å². The second-order valence-electron chi connectivity index (χ2n) is 6.12. The van der Waals surface area contributed by atoms with Crippen LogP contribution in [0.2, 0.25) is 0 Å². The van der Waals surface area contributed by atoms with E-state index >= 15 is 0 Å². The highest BCUT2D eigenvalue weighted by molar-refractivity contribution is 5.91. The van der Waals surface area contributed by atoms with Crippen LogP contribution in [0.1, 0.15) is 49.0 Å². The smallest absolute Gasteiger partial charge is 0.343 e. The quantitative estimate of drug-likeness (QED) is 0.249. The molecule has 2 rings (SSSR count). The lowest BCUT2D eigenvalue weighted by Gasteiger charge is -2.08. The monoisotopic (exact) mass is 382 g/mol. The van der Waals surface area contributed by atoms with Crippen LogP contribution in [0.3, 0.4) is 0 Å². The number of rotatable bonds is 10. The lowest BCUT2D eigenvalue weighted by atomic mass is 10.1. The van der Waals surface area contributed by atoms with Gasteiger partial charge >= 0.3 is 11.9 Å². The molecular weight excluding hydrogens is 356 g/mol. The average Bonchev–Trinajstić information content (AvgIpc) is 2.71. The number of carbonyl (C=O) groups excluding carboxylic acids is 2. The Hall–Kier alpha value is -3.08. The van der Waals surface area contributed by atoms with Crippen molar-refractivity contribution in [2.45, 2.75) is 33.1 Å². The summed E-state index contributed by atoms with van der Waals surface area (Å²) in [4.78, 5) is 23.6. The first-order chi connectivity index (χ1) is 13.6. The molecule has 28 heavy (non-hydrogen) atoms. The third-order valence-corrected chi connectivity index (χ3v) is 3.90. The minimum absolute atomic E-state index is 0.333. The van der Waals surface area contributed by atoms with Gasteiger partial charge in [0.25, 0.3) is 0 Å². The second kappa shape index (κ2) is 11.6. The summed E-state index contributed by atoms with van der Waals surface area (Å²) in [7, 11) is 0. The average molecular weight is 382 g/mol. The summed E-state index contributed by atoms with van der Waals surface area (Å²) in [6.07, 6.45) is 6.31. The zero-order chi connectivity index (χ0) is 20.2. The largest absolute Gasteiger partial charge is 0.494 e. The Balaban J connectivity index is 1.87. The van der Waals surface area contributed by atoms with Gasteiger partial charge in [0.1, 0.15) is 11.5 Å².